The van der Waals surface area contributed by atoms with E-state index in [9.17, 15) is 48.3 Å². The second kappa shape index (κ2) is 18.8. The van der Waals surface area contributed by atoms with Crippen LogP contribution >= 0.6 is 0 Å². The van der Waals surface area contributed by atoms with Crippen LogP contribution in [-0.4, -0.2) is 133 Å². The van der Waals surface area contributed by atoms with Crippen LogP contribution in [0.5, 0.6) is 5.75 Å². The summed E-state index contributed by atoms with van der Waals surface area (Å²) in [5.41, 5.74) is -0.546. The fraction of sp³-hybridized carbons (Fsp3) is 0.528. The number of phenols is 1. The molecule has 21 heteroatoms. The van der Waals surface area contributed by atoms with Gasteiger partial charge in [-0.1, -0.05) is 12.1 Å². The zero-order valence-corrected chi connectivity index (χ0v) is 31.6. The van der Waals surface area contributed by atoms with Crippen molar-refractivity contribution in [1.29, 1.82) is 0 Å². The van der Waals surface area contributed by atoms with Gasteiger partial charge >= 0.3 is 41.8 Å². The Morgan fingerprint density at radius 2 is 1.02 bits per heavy atom. The standard InChI is InChI=1S/C36H40O21/c1-14(37)47-12-25-29(49-16(3)39)31(50-17(4)40)34(53-20(7)43)36(56-25)57-30-26(13-48-15(2)38)55-35(33(52-19(6)42)32(30)51-18(5)41)54-24-11-23(45)21-9-8-10-22(44)27(21)28(24)46/h8-11,25-26,29-36,44H,12-13H2,1-7H3/t25-,26-,29-,30-,31?,32+,33-,34-,35-,36-/m1/s1. The van der Waals surface area contributed by atoms with Gasteiger partial charge in [-0.25, -0.2) is 0 Å². The predicted molar refractivity (Wildman–Crippen MR) is 179 cm³/mol. The molecule has 2 aliphatic heterocycles. The molecule has 0 radical (unpaired) electrons. The average Bonchev–Trinajstić information content (AvgIpc) is 3.09. The lowest BCUT2D eigenvalue weighted by molar-refractivity contribution is -0.358. The molecule has 0 saturated carbocycles. The van der Waals surface area contributed by atoms with Gasteiger partial charge in [0.05, 0.1) is 5.56 Å². The van der Waals surface area contributed by atoms with Gasteiger partial charge in [0.1, 0.15) is 37.3 Å². The highest BCUT2D eigenvalue weighted by Gasteiger charge is 2.58. The van der Waals surface area contributed by atoms with E-state index >= 15 is 0 Å². The molecule has 1 unspecified atom stereocenters. The zero-order valence-electron chi connectivity index (χ0n) is 31.6. The summed E-state index contributed by atoms with van der Waals surface area (Å²) < 4.78 is 61.8. The molecule has 3 aliphatic rings. The molecule has 4 rings (SSSR count). The van der Waals surface area contributed by atoms with Crippen LogP contribution in [0.2, 0.25) is 0 Å². The average molecular weight is 809 g/mol. The van der Waals surface area contributed by atoms with Crippen molar-refractivity contribution >= 4 is 53.4 Å². The Balaban J connectivity index is 1.83. The lowest BCUT2D eigenvalue weighted by atomic mass is 9.92. The lowest BCUT2D eigenvalue weighted by Crippen LogP contribution is -2.67. The number of ketones is 2. The number of benzene rings is 1. The minimum atomic E-state index is -1.94. The van der Waals surface area contributed by atoms with Crippen molar-refractivity contribution in [2.75, 3.05) is 13.2 Å². The van der Waals surface area contributed by atoms with E-state index < -0.39 is 145 Å². The fourth-order valence-corrected chi connectivity index (χ4v) is 6.15. The SMILES string of the molecule is CC(=O)OC[C@H]1O[C@@H](OC2=CC(=O)c3cccc(O)c3C2=O)[C@H](OC(C)=O)[C@@H](OC(C)=O)[C@@H]1O[C@H]1O[C@H](COC(C)=O)[C@@H](OC(C)=O)C(OC(C)=O)[C@H]1OC(C)=O. The first-order valence-electron chi connectivity index (χ1n) is 17.2. The minimum absolute atomic E-state index is 0.141. The maximum Gasteiger partial charge on any atom is 0.303 e. The molecular weight excluding hydrogens is 768 g/mol. The van der Waals surface area contributed by atoms with Crippen molar-refractivity contribution in [2.24, 2.45) is 0 Å². The van der Waals surface area contributed by atoms with Gasteiger partial charge in [-0.3, -0.25) is 43.2 Å². The number of fused-ring (bicyclic) bond motifs is 1. The molecule has 1 N–H and O–H groups in total. The fourth-order valence-electron chi connectivity index (χ4n) is 6.15. The molecular formula is C36H40O21. The molecule has 0 amide bonds. The molecule has 0 spiro atoms. The number of hydrogen-bond acceptors (Lipinski definition) is 21. The number of hydrogen-bond donors (Lipinski definition) is 1. The summed E-state index contributed by atoms with van der Waals surface area (Å²) in [5, 5.41) is 10.4. The van der Waals surface area contributed by atoms with Gasteiger partial charge in [0.2, 0.25) is 18.2 Å². The molecule has 21 nitrogen and oxygen atoms in total. The van der Waals surface area contributed by atoms with Crippen LogP contribution in [0.3, 0.4) is 0 Å². The van der Waals surface area contributed by atoms with E-state index in [0.717, 1.165) is 60.6 Å². The van der Waals surface area contributed by atoms with Crippen molar-refractivity contribution < 1.29 is 100 Å². The van der Waals surface area contributed by atoms with E-state index in [4.69, 9.17) is 52.1 Å². The first kappa shape index (κ1) is 43.8. The molecule has 0 aromatic heterocycles. The quantitative estimate of drug-likeness (QED) is 0.207. The number of carbonyl (C=O) groups excluding carboxylic acids is 9. The Kier molecular flexibility index (Phi) is 14.4. The Hall–Kier alpha value is -5.93. The summed E-state index contributed by atoms with van der Waals surface area (Å²) in [4.78, 5) is 113. The van der Waals surface area contributed by atoms with E-state index in [1.165, 1.54) is 12.1 Å². The molecule has 2 fully saturated rings. The third-order valence-electron chi connectivity index (χ3n) is 8.15. The first-order valence-corrected chi connectivity index (χ1v) is 17.2. The largest absolute Gasteiger partial charge is 0.507 e. The van der Waals surface area contributed by atoms with Gasteiger partial charge in [-0.05, 0) is 6.07 Å². The smallest absolute Gasteiger partial charge is 0.303 e. The van der Waals surface area contributed by atoms with Crippen molar-refractivity contribution in [1.82, 2.24) is 0 Å². The number of Topliss-reactive ketones (excluding diaryl/α,β-unsaturated/α-hetero) is 1. The molecule has 2 saturated heterocycles. The summed E-state index contributed by atoms with van der Waals surface area (Å²) in [5.74, 6) is -9.51. The number of rotatable bonds is 13. The first-order chi connectivity index (χ1) is 26.8. The Morgan fingerprint density at radius 3 is 1.53 bits per heavy atom. The van der Waals surface area contributed by atoms with E-state index in [1.54, 1.807) is 0 Å². The number of aromatic hydroxyl groups is 1. The third kappa shape index (κ3) is 11.1. The molecule has 1 aromatic carbocycles. The molecule has 57 heavy (non-hydrogen) atoms. The molecule has 2 heterocycles. The van der Waals surface area contributed by atoms with Crippen LogP contribution in [0, 0.1) is 0 Å². The highest BCUT2D eigenvalue weighted by molar-refractivity contribution is 6.24. The van der Waals surface area contributed by atoms with Gasteiger partial charge in [-0.2, -0.15) is 0 Å². The predicted octanol–water partition coefficient (Wildman–Crippen LogP) is 0.291. The van der Waals surface area contributed by atoms with Gasteiger partial charge in [0, 0.05) is 60.1 Å². The van der Waals surface area contributed by atoms with E-state index in [0.29, 0.717) is 0 Å². The second-order valence-electron chi connectivity index (χ2n) is 12.7. The number of ether oxygens (including phenoxy) is 11. The molecule has 0 bridgehead atoms. The summed E-state index contributed by atoms with van der Waals surface area (Å²) in [6.45, 7) is 5.64. The van der Waals surface area contributed by atoms with Crippen LogP contribution in [0.1, 0.15) is 69.2 Å². The zero-order chi connectivity index (χ0) is 42.3. The van der Waals surface area contributed by atoms with Crippen molar-refractivity contribution in [2.45, 2.75) is 110 Å². The second-order valence-corrected chi connectivity index (χ2v) is 12.7. The van der Waals surface area contributed by atoms with Gasteiger partial charge in [0.15, 0.2) is 42.2 Å². The van der Waals surface area contributed by atoms with Crippen LogP contribution in [0.25, 0.3) is 0 Å². The summed E-state index contributed by atoms with van der Waals surface area (Å²) in [7, 11) is 0. The maximum atomic E-state index is 13.5. The monoisotopic (exact) mass is 808 g/mol. The Labute approximate surface area is 323 Å². The van der Waals surface area contributed by atoms with Gasteiger partial charge in [0.25, 0.3) is 0 Å². The number of esters is 7. The van der Waals surface area contributed by atoms with Gasteiger partial charge in [-0.15, -0.1) is 0 Å². The van der Waals surface area contributed by atoms with Crippen LogP contribution in [0.4, 0.5) is 0 Å². The Bertz CT molecular complexity index is 1820. The molecule has 1 aromatic rings. The summed E-state index contributed by atoms with van der Waals surface area (Å²) >= 11 is 0. The van der Waals surface area contributed by atoms with Crippen LogP contribution in [-0.2, 0) is 85.7 Å². The van der Waals surface area contributed by atoms with Crippen molar-refractivity contribution in [3.05, 3.63) is 41.2 Å². The van der Waals surface area contributed by atoms with Gasteiger partial charge < -0.3 is 57.2 Å². The third-order valence-corrected chi connectivity index (χ3v) is 8.15. The minimum Gasteiger partial charge on any atom is -0.507 e. The van der Waals surface area contributed by atoms with Crippen LogP contribution < -0.4 is 0 Å². The van der Waals surface area contributed by atoms with E-state index in [-0.39, 0.29) is 5.56 Å². The molecule has 310 valence electrons. The molecule has 10 atom stereocenters. The van der Waals surface area contributed by atoms with E-state index in [2.05, 4.69) is 0 Å². The van der Waals surface area contributed by atoms with E-state index in [1.807, 2.05) is 0 Å². The van der Waals surface area contributed by atoms with Crippen molar-refractivity contribution in [3.63, 3.8) is 0 Å². The maximum absolute atomic E-state index is 13.5. The number of carbonyl (C=O) groups is 9. The lowest BCUT2D eigenvalue weighted by Gasteiger charge is -2.48. The topological polar surface area (TPSA) is 275 Å². The molecule has 1 aliphatic carbocycles. The van der Waals surface area contributed by atoms with Crippen LogP contribution in [0.15, 0.2) is 30.0 Å². The number of phenolic OH excluding ortho intramolecular Hbond substituents is 1. The summed E-state index contributed by atoms with van der Waals surface area (Å²) in [6, 6.07) is 3.80. The number of allylic oxidation sites excluding steroid dienone is 2. The summed E-state index contributed by atoms with van der Waals surface area (Å²) in [6.07, 6.45) is -16.8. The highest BCUT2D eigenvalue weighted by atomic mass is 16.8. The van der Waals surface area contributed by atoms with Crippen molar-refractivity contribution in [3.8, 4) is 5.75 Å². The highest BCUT2D eigenvalue weighted by Crippen LogP contribution is 2.37. The normalized spacial score (nSPS) is 28.0. The Morgan fingerprint density at radius 1 is 0.579 bits per heavy atom.